The molecular weight excluding hydrogens is 188 g/mol. The SMILES string of the molecule is CCCC(C)N1C2COCC1CC(N)C2. The van der Waals surface area contributed by atoms with E-state index in [2.05, 4.69) is 18.7 Å². The van der Waals surface area contributed by atoms with Gasteiger partial charge in [-0.2, -0.15) is 0 Å². The average Bonchev–Trinajstić information content (AvgIpc) is 2.16. The average molecular weight is 212 g/mol. The molecule has 3 heteroatoms. The minimum absolute atomic E-state index is 0.397. The molecule has 2 bridgehead atoms. The lowest BCUT2D eigenvalue weighted by atomic mass is 9.88. The molecule has 3 unspecified atom stereocenters. The van der Waals surface area contributed by atoms with Gasteiger partial charge in [0.25, 0.3) is 0 Å². The van der Waals surface area contributed by atoms with Crippen molar-refractivity contribution >= 4 is 0 Å². The Morgan fingerprint density at radius 2 is 1.93 bits per heavy atom. The molecule has 2 heterocycles. The fraction of sp³-hybridized carbons (Fsp3) is 1.00. The Morgan fingerprint density at radius 1 is 1.33 bits per heavy atom. The molecule has 0 radical (unpaired) electrons. The van der Waals surface area contributed by atoms with Crippen LogP contribution in [0.15, 0.2) is 0 Å². The van der Waals surface area contributed by atoms with Crippen LogP contribution in [-0.2, 0) is 4.74 Å². The summed E-state index contributed by atoms with van der Waals surface area (Å²) in [7, 11) is 0. The number of ether oxygens (including phenoxy) is 1. The molecule has 0 aromatic carbocycles. The second-order valence-electron chi connectivity index (χ2n) is 5.16. The fourth-order valence-electron chi connectivity index (χ4n) is 3.27. The Balaban J connectivity index is 2.03. The zero-order valence-corrected chi connectivity index (χ0v) is 9.98. The molecule has 3 atom stereocenters. The second kappa shape index (κ2) is 4.81. The maximum atomic E-state index is 6.08. The van der Waals surface area contributed by atoms with Gasteiger partial charge in [-0.1, -0.05) is 13.3 Å². The zero-order chi connectivity index (χ0) is 10.8. The molecule has 0 aromatic rings. The summed E-state index contributed by atoms with van der Waals surface area (Å²) in [6.07, 6.45) is 4.79. The highest BCUT2D eigenvalue weighted by molar-refractivity contribution is 4.95. The highest BCUT2D eigenvalue weighted by atomic mass is 16.5. The van der Waals surface area contributed by atoms with Crippen LogP contribution in [0.2, 0.25) is 0 Å². The van der Waals surface area contributed by atoms with Crippen molar-refractivity contribution in [3.8, 4) is 0 Å². The quantitative estimate of drug-likeness (QED) is 0.768. The molecule has 0 aliphatic carbocycles. The molecular formula is C12H24N2O. The highest BCUT2D eigenvalue weighted by Crippen LogP contribution is 2.29. The number of fused-ring (bicyclic) bond motifs is 2. The van der Waals surface area contributed by atoms with Crippen LogP contribution < -0.4 is 5.73 Å². The van der Waals surface area contributed by atoms with E-state index in [9.17, 15) is 0 Å². The van der Waals surface area contributed by atoms with Gasteiger partial charge in [0, 0.05) is 24.2 Å². The molecule has 88 valence electrons. The van der Waals surface area contributed by atoms with Gasteiger partial charge in [0.15, 0.2) is 0 Å². The normalized spacial score (nSPS) is 39.0. The standard InChI is InChI=1S/C12H24N2O/c1-3-4-9(2)14-11-5-10(13)6-12(14)8-15-7-11/h9-12H,3-8,13H2,1-2H3. The van der Waals surface area contributed by atoms with E-state index in [0.717, 1.165) is 26.1 Å². The van der Waals surface area contributed by atoms with Crippen LogP contribution in [0.3, 0.4) is 0 Å². The van der Waals surface area contributed by atoms with Gasteiger partial charge in [-0.15, -0.1) is 0 Å². The first kappa shape index (κ1) is 11.4. The number of nitrogens with zero attached hydrogens (tertiary/aromatic N) is 1. The van der Waals surface area contributed by atoms with Gasteiger partial charge in [0.1, 0.15) is 0 Å². The molecule has 2 aliphatic rings. The molecule has 2 aliphatic heterocycles. The summed E-state index contributed by atoms with van der Waals surface area (Å²) in [6, 6.07) is 2.25. The summed E-state index contributed by atoms with van der Waals surface area (Å²) < 4.78 is 5.65. The zero-order valence-electron chi connectivity index (χ0n) is 9.98. The summed E-state index contributed by atoms with van der Waals surface area (Å²) in [5.74, 6) is 0. The lowest BCUT2D eigenvalue weighted by Gasteiger charge is -2.50. The van der Waals surface area contributed by atoms with Gasteiger partial charge in [0.2, 0.25) is 0 Å². The van der Waals surface area contributed by atoms with E-state index in [0.29, 0.717) is 24.2 Å². The van der Waals surface area contributed by atoms with Crippen molar-refractivity contribution in [2.24, 2.45) is 5.73 Å². The lowest BCUT2D eigenvalue weighted by Crippen LogP contribution is -2.62. The van der Waals surface area contributed by atoms with E-state index in [-0.39, 0.29) is 0 Å². The third-order valence-electron chi connectivity index (χ3n) is 3.83. The van der Waals surface area contributed by atoms with Gasteiger partial charge in [-0.3, -0.25) is 4.90 Å². The lowest BCUT2D eigenvalue weighted by molar-refractivity contribution is -0.0956. The molecule has 0 amide bonds. The van der Waals surface area contributed by atoms with E-state index in [4.69, 9.17) is 10.5 Å². The predicted molar refractivity (Wildman–Crippen MR) is 61.8 cm³/mol. The highest BCUT2D eigenvalue weighted by Gasteiger charge is 2.39. The van der Waals surface area contributed by atoms with Crippen molar-refractivity contribution < 1.29 is 4.74 Å². The summed E-state index contributed by atoms with van der Waals surface area (Å²) in [6.45, 7) is 6.39. The third-order valence-corrected chi connectivity index (χ3v) is 3.83. The van der Waals surface area contributed by atoms with Crippen LogP contribution in [-0.4, -0.2) is 42.3 Å². The van der Waals surface area contributed by atoms with Crippen molar-refractivity contribution in [1.29, 1.82) is 0 Å². The first-order chi connectivity index (χ1) is 7.22. The van der Waals surface area contributed by atoms with Crippen LogP contribution in [0, 0.1) is 0 Å². The minimum atomic E-state index is 0.397. The molecule has 2 rings (SSSR count). The van der Waals surface area contributed by atoms with Crippen LogP contribution in [0.1, 0.15) is 39.5 Å². The number of piperidine rings is 1. The van der Waals surface area contributed by atoms with Crippen LogP contribution in [0.25, 0.3) is 0 Å². The van der Waals surface area contributed by atoms with Gasteiger partial charge in [0.05, 0.1) is 13.2 Å². The number of hydrogen-bond acceptors (Lipinski definition) is 3. The molecule has 0 aromatic heterocycles. The van der Waals surface area contributed by atoms with Gasteiger partial charge < -0.3 is 10.5 Å². The van der Waals surface area contributed by atoms with Crippen LogP contribution in [0.5, 0.6) is 0 Å². The van der Waals surface area contributed by atoms with E-state index < -0.39 is 0 Å². The molecule has 0 spiro atoms. The van der Waals surface area contributed by atoms with Gasteiger partial charge >= 0.3 is 0 Å². The molecule has 2 fully saturated rings. The Morgan fingerprint density at radius 3 is 2.47 bits per heavy atom. The van der Waals surface area contributed by atoms with Crippen molar-refractivity contribution in [3.05, 3.63) is 0 Å². The summed E-state index contributed by atoms with van der Waals surface area (Å²) in [5, 5.41) is 0. The molecule has 3 nitrogen and oxygen atoms in total. The van der Waals surface area contributed by atoms with Gasteiger partial charge in [-0.05, 0) is 26.2 Å². The van der Waals surface area contributed by atoms with E-state index in [1.165, 1.54) is 12.8 Å². The van der Waals surface area contributed by atoms with Crippen molar-refractivity contribution in [2.75, 3.05) is 13.2 Å². The van der Waals surface area contributed by atoms with Crippen molar-refractivity contribution in [3.63, 3.8) is 0 Å². The molecule has 0 saturated carbocycles. The molecule has 2 N–H and O–H groups in total. The monoisotopic (exact) mass is 212 g/mol. The first-order valence-corrected chi connectivity index (χ1v) is 6.33. The van der Waals surface area contributed by atoms with Gasteiger partial charge in [-0.25, -0.2) is 0 Å². The predicted octanol–water partition coefficient (Wildman–Crippen LogP) is 1.37. The maximum Gasteiger partial charge on any atom is 0.0623 e. The minimum Gasteiger partial charge on any atom is -0.378 e. The summed E-state index contributed by atoms with van der Waals surface area (Å²) in [4.78, 5) is 2.68. The first-order valence-electron chi connectivity index (χ1n) is 6.33. The third kappa shape index (κ3) is 2.35. The number of morpholine rings is 1. The molecule has 2 saturated heterocycles. The van der Waals surface area contributed by atoms with E-state index in [1.807, 2.05) is 0 Å². The fourth-order valence-corrected chi connectivity index (χ4v) is 3.27. The van der Waals surface area contributed by atoms with E-state index >= 15 is 0 Å². The maximum absolute atomic E-state index is 6.08. The number of hydrogen-bond donors (Lipinski definition) is 1. The topological polar surface area (TPSA) is 38.5 Å². The van der Waals surface area contributed by atoms with Crippen molar-refractivity contribution in [2.45, 2.75) is 63.7 Å². The number of rotatable bonds is 3. The Hall–Kier alpha value is -0.120. The van der Waals surface area contributed by atoms with Crippen LogP contribution >= 0.6 is 0 Å². The Kier molecular flexibility index (Phi) is 3.65. The summed E-state index contributed by atoms with van der Waals surface area (Å²) in [5.41, 5.74) is 6.08. The van der Waals surface area contributed by atoms with E-state index in [1.54, 1.807) is 0 Å². The second-order valence-corrected chi connectivity index (χ2v) is 5.16. The Labute approximate surface area is 93.0 Å². The molecule has 15 heavy (non-hydrogen) atoms. The smallest absolute Gasteiger partial charge is 0.0623 e. The Bertz CT molecular complexity index is 196. The number of nitrogens with two attached hydrogens (primary N) is 1. The summed E-state index contributed by atoms with van der Waals surface area (Å²) >= 11 is 0. The van der Waals surface area contributed by atoms with Crippen molar-refractivity contribution in [1.82, 2.24) is 4.90 Å². The van der Waals surface area contributed by atoms with Crippen LogP contribution in [0.4, 0.5) is 0 Å². The largest absolute Gasteiger partial charge is 0.378 e.